The van der Waals surface area contributed by atoms with Gasteiger partial charge in [-0.1, -0.05) is 41.9 Å². The molecule has 0 saturated heterocycles. The first-order valence-corrected chi connectivity index (χ1v) is 15.2. The number of rotatable bonds is 6. The lowest BCUT2D eigenvalue weighted by Gasteiger charge is -2.58. The lowest BCUT2D eigenvalue weighted by molar-refractivity contribution is -0.136. The molecular weight excluding hydrogens is 564 g/mol. The molecule has 4 aliphatic rings. The first-order valence-electron chi connectivity index (χ1n) is 14.9. The molecule has 1 amide bonds. The van der Waals surface area contributed by atoms with Gasteiger partial charge in [-0.15, -0.1) is 0 Å². The van der Waals surface area contributed by atoms with Crippen molar-refractivity contribution < 1.29 is 19.4 Å². The number of para-hydroxylation sites is 1. The van der Waals surface area contributed by atoms with Gasteiger partial charge in [0.2, 0.25) is 0 Å². The van der Waals surface area contributed by atoms with Gasteiger partial charge in [-0.05, 0) is 97.9 Å². The molecule has 8 heteroatoms. The van der Waals surface area contributed by atoms with E-state index in [9.17, 15) is 19.5 Å². The van der Waals surface area contributed by atoms with E-state index < -0.39 is 11.6 Å². The van der Waals surface area contributed by atoms with Crippen molar-refractivity contribution in [3.8, 4) is 5.69 Å². The number of amides is 1. The van der Waals surface area contributed by atoms with Crippen molar-refractivity contribution in [3.05, 3.63) is 110 Å². The SMILES string of the molecule is COC(=O)c1c(Cc2ccc(C(=O)N[C@@H]3[C@@H]4C[C@@H]5C[C@H]3C[C@@](O)(C5)C4)cc2)c(=O)c2ccc(Cl)cc2n1-c1ccccc1. The first-order chi connectivity index (χ1) is 20.7. The van der Waals surface area contributed by atoms with E-state index in [-0.39, 0.29) is 29.5 Å². The third-order valence-electron chi connectivity index (χ3n) is 9.76. The Balaban J connectivity index is 1.21. The van der Waals surface area contributed by atoms with Crippen molar-refractivity contribution in [2.75, 3.05) is 7.11 Å². The van der Waals surface area contributed by atoms with Gasteiger partial charge in [0, 0.05) is 39.7 Å². The molecule has 8 rings (SSSR count). The molecule has 2 N–H and O–H groups in total. The zero-order valence-corrected chi connectivity index (χ0v) is 24.6. The number of carbonyl (C=O) groups excluding carboxylic acids is 2. The normalized spacial score (nSPS) is 25.6. The van der Waals surface area contributed by atoms with E-state index in [2.05, 4.69) is 5.32 Å². The summed E-state index contributed by atoms with van der Waals surface area (Å²) in [5.41, 5.74) is 2.15. The zero-order chi connectivity index (χ0) is 29.9. The number of benzene rings is 3. The number of carbonyl (C=O) groups is 2. The second kappa shape index (κ2) is 10.6. The molecule has 0 radical (unpaired) electrons. The van der Waals surface area contributed by atoms with Crippen LogP contribution in [0.3, 0.4) is 0 Å². The molecule has 7 nitrogen and oxygen atoms in total. The molecule has 4 fully saturated rings. The number of hydrogen-bond acceptors (Lipinski definition) is 5. The standard InChI is InChI=1S/C35H33ClN2O5/c1-43-34(41)31-28(32(39)27-12-11-25(36)16-29(27)38(31)26-5-3-2-4-6-26)15-20-7-9-22(10-8-20)33(40)37-30-23-13-21-14-24(30)19-35(42,17-21)18-23/h2-12,16,21,23-24,30,42H,13-15,17-19H2,1H3,(H,37,40)/t21-,23-,24+,30-,35-. The number of aromatic nitrogens is 1. The number of hydrogen-bond donors (Lipinski definition) is 2. The van der Waals surface area contributed by atoms with Crippen LogP contribution in [0.1, 0.15) is 64.1 Å². The Hall–Kier alpha value is -3.94. The first kappa shape index (κ1) is 27.9. The minimum absolute atomic E-state index is 0.0918. The van der Waals surface area contributed by atoms with Crippen LogP contribution in [0.2, 0.25) is 5.02 Å². The summed E-state index contributed by atoms with van der Waals surface area (Å²) in [6, 6.07) is 21.6. The summed E-state index contributed by atoms with van der Waals surface area (Å²) in [7, 11) is 1.30. The van der Waals surface area contributed by atoms with Crippen LogP contribution in [0, 0.1) is 17.8 Å². The number of nitrogens with zero attached hydrogens (tertiary/aromatic N) is 1. The molecule has 4 aliphatic carbocycles. The molecule has 4 bridgehead atoms. The summed E-state index contributed by atoms with van der Waals surface area (Å²) in [5, 5.41) is 15.1. The smallest absolute Gasteiger partial charge is 0.355 e. The zero-order valence-electron chi connectivity index (χ0n) is 23.9. The number of fused-ring (bicyclic) bond motifs is 1. The van der Waals surface area contributed by atoms with Gasteiger partial charge in [0.1, 0.15) is 5.69 Å². The van der Waals surface area contributed by atoms with Crippen molar-refractivity contribution >= 4 is 34.4 Å². The van der Waals surface area contributed by atoms with Gasteiger partial charge in [-0.2, -0.15) is 0 Å². The Morgan fingerprint density at radius 3 is 2.35 bits per heavy atom. The number of esters is 1. The molecule has 43 heavy (non-hydrogen) atoms. The van der Waals surface area contributed by atoms with E-state index in [1.165, 1.54) is 7.11 Å². The maximum atomic E-state index is 13.9. The molecule has 1 aromatic heterocycles. The van der Waals surface area contributed by atoms with E-state index in [0.717, 1.165) is 37.7 Å². The van der Waals surface area contributed by atoms with Gasteiger partial charge in [-0.25, -0.2) is 4.79 Å². The average Bonchev–Trinajstić information content (AvgIpc) is 2.99. The highest BCUT2D eigenvalue weighted by atomic mass is 35.5. The molecule has 0 spiro atoms. The van der Waals surface area contributed by atoms with Gasteiger partial charge in [0.25, 0.3) is 5.91 Å². The van der Waals surface area contributed by atoms with Gasteiger partial charge < -0.3 is 19.7 Å². The minimum Gasteiger partial charge on any atom is -0.464 e. The molecule has 220 valence electrons. The Kier molecular flexibility index (Phi) is 6.90. The monoisotopic (exact) mass is 596 g/mol. The third-order valence-corrected chi connectivity index (χ3v) is 9.99. The lowest BCUT2D eigenvalue weighted by Crippen LogP contribution is -2.61. The Labute approximate surface area is 254 Å². The molecule has 3 aromatic carbocycles. The Morgan fingerprint density at radius 2 is 1.70 bits per heavy atom. The van der Waals surface area contributed by atoms with Crippen LogP contribution < -0.4 is 10.7 Å². The molecule has 4 aromatic rings. The molecule has 4 saturated carbocycles. The number of methoxy groups -OCH3 is 1. The molecule has 1 heterocycles. The van der Waals surface area contributed by atoms with Crippen molar-refractivity contribution in [3.63, 3.8) is 0 Å². The van der Waals surface area contributed by atoms with E-state index in [1.54, 1.807) is 34.9 Å². The minimum atomic E-state index is -0.630. The summed E-state index contributed by atoms with van der Waals surface area (Å²) in [6.45, 7) is 0. The van der Waals surface area contributed by atoms with Crippen LogP contribution in [0.25, 0.3) is 16.6 Å². The van der Waals surface area contributed by atoms with Gasteiger partial charge in [-0.3, -0.25) is 9.59 Å². The van der Waals surface area contributed by atoms with E-state index >= 15 is 0 Å². The summed E-state index contributed by atoms with van der Waals surface area (Å²) < 4.78 is 6.91. The predicted octanol–water partition coefficient (Wildman–Crippen LogP) is 5.69. The van der Waals surface area contributed by atoms with Crippen LogP contribution in [0.4, 0.5) is 0 Å². The van der Waals surface area contributed by atoms with Crippen LogP contribution in [0.5, 0.6) is 0 Å². The number of pyridine rings is 1. The van der Waals surface area contributed by atoms with Crippen molar-refractivity contribution in [2.45, 2.75) is 50.2 Å². The average molecular weight is 597 g/mol. The fourth-order valence-electron chi connectivity index (χ4n) is 8.16. The van der Waals surface area contributed by atoms with Crippen molar-refractivity contribution in [2.24, 2.45) is 17.8 Å². The molecular formula is C35H33ClN2O5. The quantitative estimate of drug-likeness (QED) is 0.279. The third kappa shape index (κ3) is 4.94. The summed E-state index contributed by atoms with van der Waals surface area (Å²) >= 11 is 6.33. The summed E-state index contributed by atoms with van der Waals surface area (Å²) in [5.74, 6) is 0.467. The topological polar surface area (TPSA) is 97.6 Å². The van der Waals surface area contributed by atoms with E-state index in [0.29, 0.717) is 50.5 Å². The number of ether oxygens (including phenoxy) is 1. The van der Waals surface area contributed by atoms with Gasteiger partial charge >= 0.3 is 5.97 Å². The maximum absolute atomic E-state index is 13.9. The highest BCUT2D eigenvalue weighted by molar-refractivity contribution is 6.31. The second-order valence-corrected chi connectivity index (χ2v) is 13.0. The Bertz CT molecular complexity index is 1780. The van der Waals surface area contributed by atoms with Gasteiger partial charge in [0.15, 0.2) is 5.43 Å². The van der Waals surface area contributed by atoms with Crippen LogP contribution in [-0.4, -0.2) is 40.3 Å². The van der Waals surface area contributed by atoms with Crippen LogP contribution in [0.15, 0.2) is 77.6 Å². The summed E-state index contributed by atoms with van der Waals surface area (Å²) in [4.78, 5) is 40.4. The van der Waals surface area contributed by atoms with Crippen LogP contribution in [-0.2, 0) is 11.2 Å². The largest absolute Gasteiger partial charge is 0.464 e. The Morgan fingerprint density at radius 1 is 1.00 bits per heavy atom. The van der Waals surface area contributed by atoms with Gasteiger partial charge in [0.05, 0.1) is 18.2 Å². The highest BCUT2D eigenvalue weighted by Crippen LogP contribution is 2.55. The predicted molar refractivity (Wildman–Crippen MR) is 165 cm³/mol. The highest BCUT2D eigenvalue weighted by Gasteiger charge is 2.55. The van der Waals surface area contributed by atoms with E-state index in [1.807, 2.05) is 42.5 Å². The molecule has 0 aliphatic heterocycles. The summed E-state index contributed by atoms with van der Waals surface area (Å²) in [6.07, 6.45) is 4.76. The fourth-order valence-corrected chi connectivity index (χ4v) is 8.32. The van der Waals surface area contributed by atoms with E-state index in [4.69, 9.17) is 16.3 Å². The number of nitrogens with one attached hydrogen (secondary N) is 1. The molecule has 5 atom stereocenters. The second-order valence-electron chi connectivity index (χ2n) is 12.5. The number of halogens is 1. The molecule has 0 unspecified atom stereocenters. The van der Waals surface area contributed by atoms with Crippen LogP contribution >= 0.6 is 11.6 Å². The fraction of sp³-hybridized carbons (Fsp3) is 0.343. The van der Waals surface area contributed by atoms with Crippen molar-refractivity contribution in [1.82, 2.24) is 9.88 Å². The lowest BCUT2D eigenvalue weighted by atomic mass is 9.52. The maximum Gasteiger partial charge on any atom is 0.355 e. The number of aliphatic hydroxyl groups is 1. The van der Waals surface area contributed by atoms with Crippen molar-refractivity contribution in [1.29, 1.82) is 0 Å².